The molecule has 1 aromatic rings. The van der Waals surface area contributed by atoms with E-state index in [-0.39, 0.29) is 5.78 Å². The van der Waals surface area contributed by atoms with Crippen LogP contribution in [0.15, 0.2) is 28.7 Å². The first-order chi connectivity index (χ1) is 9.66. The van der Waals surface area contributed by atoms with Gasteiger partial charge >= 0.3 is 0 Å². The molecule has 0 unspecified atom stereocenters. The number of ketones is 1. The van der Waals surface area contributed by atoms with Gasteiger partial charge in [-0.25, -0.2) is 0 Å². The molecule has 1 aliphatic heterocycles. The van der Waals surface area contributed by atoms with Crippen LogP contribution in [-0.4, -0.2) is 47.1 Å². The fraction of sp³-hybridized carbons (Fsp3) is 0.429. The molecule has 0 bridgehead atoms. The topological polar surface area (TPSA) is 29.5 Å². The van der Waals surface area contributed by atoms with E-state index in [2.05, 4.69) is 20.8 Å². The van der Waals surface area contributed by atoms with Gasteiger partial charge in [0.15, 0.2) is 5.78 Å². The van der Waals surface area contributed by atoms with Crippen LogP contribution in [0.1, 0.15) is 16.8 Å². The number of hydrogen-bond donors (Lipinski definition) is 0. The average Bonchev–Trinajstić information content (AvgIpc) is 2.48. The van der Waals surface area contributed by atoms with Crippen molar-refractivity contribution in [1.29, 1.82) is 0 Å². The van der Waals surface area contributed by atoms with Crippen LogP contribution in [0.5, 0.6) is 0 Å². The highest BCUT2D eigenvalue weighted by Gasteiger charge is 2.14. The Kier molecular flexibility index (Phi) is 6.48. The first-order valence-electron chi connectivity index (χ1n) is 6.45. The second-order valence-electron chi connectivity index (χ2n) is 4.39. The molecule has 0 aliphatic carbocycles. The van der Waals surface area contributed by atoms with E-state index in [1.165, 1.54) is 0 Å². The molecular weight excluding hydrogens is 358 g/mol. The molecule has 6 heteroatoms. The van der Waals surface area contributed by atoms with Gasteiger partial charge in [-0.15, -0.1) is 0 Å². The van der Waals surface area contributed by atoms with Crippen molar-refractivity contribution in [2.45, 2.75) is 6.42 Å². The zero-order valence-corrected chi connectivity index (χ0v) is 14.2. The summed E-state index contributed by atoms with van der Waals surface area (Å²) in [4.78, 5) is 14.2. The predicted molar refractivity (Wildman–Crippen MR) is 90.5 cm³/mol. The maximum atomic E-state index is 12.0. The minimum absolute atomic E-state index is 0.162. The number of carbonyl (C=O) groups is 1. The molecule has 1 saturated heterocycles. The normalized spacial score (nSPS) is 15.2. The summed E-state index contributed by atoms with van der Waals surface area (Å²) in [6.07, 6.45) is 0.511. The number of benzene rings is 1. The number of ether oxygens (including phenoxy) is 1. The molecule has 1 aliphatic rings. The lowest BCUT2D eigenvalue weighted by Crippen LogP contribution is -2.38. The van der Waals surface area contributed by atoms with Crippen LogP contribution in [0.4, 0.5) is 0 Å². The number of Topliss-reactive ketones (excluding diaryl/α,β-unsaturated/α-hetero) is 1. The molecule has 0 radical (unpaired) electrons. The van der Waals surface area contributed by atoms with Crippen molar-refractivity contribution >= 4 is 50.0 Å². The van der Waals surface area contributed by atoms with Gasteiger partial charge in [0.05, 0.1) is 13.2 Å². The number of halogens is 1. The summed E-state index contributed by atoms with van der Waals surface area (Å²) in [5, 5.41) is 0. The monoisotopic (exact) mass is 373 g/mol. The number of carbonyl (C=O) groups excluding carboxylic acids is 1. The predicted octanol–water partition coefficient (Wildman–Crippen LogP) is 3.37. The molecule has 0 aromatic heterocycles. The van der Waals surface area contributed by atoms with Crippen LogP contribution in [-0.2, 0) is 4.74 Å². The SMILES string of the molecule is O=C(CCSC(=S)N1CCOCC1)c1ccc(Br)cc1. The van der Waals surface area contributed by atoms with Gasteiger partial charge in [-0.3, -0.25) is 4.79 Å². The summed E-state index contributed by atoms with van der Waals surface area (Å²) >= 11 is 10.3. The second-order valence-corrected chi connectivity index (χ2v) is 7.04. The van der Waals surface area contributed by atoms with E-state index in [1.54, 1.807) is 11.8 Å². The standard InChI is InChI=1S/C14H16BrNO2S2/c15-12-3-1-11(2-4-12)13(17)5-10-20-14(19)16-6-8-18-9-7-16/h1-4H,5-10H2. The van der Waals surface area contributed by atoms with Gasteiger partial charge in [-0.1, -0.05) is 52.0 Å². The van der Waals surface area contributed by atoms with Gasteiger partial charge < -0.3 is 9.64 Å². The van der Waals surface area contributed by atoms with E-state index in [4.69, 9.17) is 17.0 Å². The lowest BCUT2D eigenvalue weighted by molar-refractivity contribution is 0.0702. The lowest BCUT2D eigenvalue weighted by atomic mass is 10.1. The minimum atomic E-state index is 0.162. The average molecular weight is 374 g/mol. The molecule has 3 nitrogen and oxygen atoms in total. The Labute approximate surface area is 137 Å². The Morgan fingerprint density at radius 3 is 2.60 bits per heavy atom. The third-order valence-corrected chi connectivity index (χ3v) is 5.04. The van der Waals surface area contributed by atoms with Crippen molar-refractivity contribution in [3.05, 3.63) is 34.3 Å². The van der Waals surface area contributed by atoms with E-state index in [0.29, 0.717) is 6.42 Å². The smallest absolute Gasteiger partial charge is 0.163 e. The van der Waals surface area contributed by atoms with Crippen molar-refractivity contribution in [1.82, 2.24) is 4.90 Å². The fourth-order valence-corrected chi connectivity index (χ4v) is 3.37. The Bertz CT molecular complexity index is 473. The number of hydrogen-bond acceptors (Lipinski definition) is 4. The van der Waals surface area contributed by atoms with Gasteiger partial charge in [-0.2, -0.15) is 0 Å². The number of morpholine rings is 1. The number of rotatable bonds is 4. The van der Waals surface area contributed by atoms with Crippen LogP contribution >= 0.6 is 39.9 Å². The maximum Gasteiger partial charge on any atom is 0.163 e. The highest BCUT2D eigenvalue weighted by atomic mass is 79.9. The molecule has 20 heavy (non-hydrogen) atoms. The van der Waals surface area contributed by atoms with Crippen molar-refractivity contribution in [3.8, 4) is 0 Å². The Balaban J connectivity index is 1.73. The molecule has 0 amide bonds. The molecule has 2 rings (SSSR count). The molecule has 108 valence electrons. The maximum absolute atomic E-state index is 12.0. The van der Waals surface area contributed by atoms with Gasteiger partial charge in [-0.05, 0) is 12.1 Å². The Hall–Kier alpha value is -0.430. The van der Waals surface area contributed by atoms with Crippen LogP contribution in [0.3, 0.4) is 0 Å². The summed E-state index contributed by atoms with van der Waals surface area (Å²) < 4.78 is 7.15. The Morgan fingerprint density at radius 1 is 1.30 bits per heavy atom. The first-order valence-corrected chi connectivity index (χ1v) is 8.64. The molecule has 1 heterocycles. The zero-order valence-electron chi connectivity index (χ0n) is 11.0. The summed E-state index contributed by atoms with van der Waals surface area (Å²) in [5.74, 6) is 0.889. The lowest BCUT2D eigenvalue weighted by Gasteiger charge is -2.28. The molecule has 0 N–H and O–H groups in total. The third kappa shape index (κ3) is 4.84. The van der Waals surface area contributed by atoms with Crippen LogP contribution < -0.4 is 0 Å². The Morgan fingerprint density at radius 2 is 1.95 bits per heavy atom. The first kappa shape index (κ1) is 15.9. The fourth-order valence-electron chi connectivity index (χ4n) is 1.85. The number of thioether (sulfide) groups is 1. The van der Waals surface area contributed by atoms with Gasteiger partial charge in [0.25, 0.3) is 0 Å². The number of nitrogens with zero attached hydrogens (tertiary/aromatic N) is 1. The molecule has 0 atom stereocenters. The number of thiocarbonyl (C=S) groups is 1. The van der Waals surface area contributed by atoms with Crippen molar-refractivity contribution < 1.29 is 9.53 Å². The van der Waals surface area contributed by atoms with Crippen molar-refractivity contribution in [3.63, 3.8) is 0 Å². The highest BCUT2D eigenvalue weighted by molar-refractivity contribution is 9.10. The third-order valence-electron chi connectivity index (χ3n) is 2.99. The zero-order chi connectivity index (χ0) is 14.4. The van der Waals surface area contributed by atoms with Gasteiger partial charge in [0, 0.05) is 35.3 Å². The molecule has 0 spiro atoms. The van der Waals surface area contributed by atoms with E-state index in [0.717, 1.165) is 46.4 Å². The van der Waals surface area contributed by atoms with Crippen LogP contribution in [0, 0.1) is 0 Å². The second kappa shape index (κ2) is 8.12. The largest absolute Gasteiger partial charge is 0.378 e. The minimum Gasteiger partial charge on any atom is -0.378 e. The molecule has 1 aromatic carbocycles. The summed E-state index contributed by atoms with van der Waals surface area (Å²) in [7, 11) is 0. The van der Waals surface area contributed by atoms with Crippen molar-refractivity contribution in [2.24, 2.45) is 0 Å². The van der Waals surface area contributed by atoms with Crippen molar-refractivity contribution in [2.75, 3.05) is 32.1 Å². The van der Waals surface area contributed by atoms with Gasteiger partial charge in [0.1, 0.15) is 4.32 Å². The van der Waals surface area contributed by atoms with E-state index in [1.807, 2.05) is 24.3 Å². The molecular formula is C14H16BrNO2S2. The van der Waals surface area contributed by atoms with Crippen LogP contribution in [0.2, 0.25) is 0 Å². The summed E-state index contributed by atoms with van der Waals surface area (Å²) in [5.41, 5.74) is 0.756. The van der Waals surface area contributed by atoms with E-state index >= 15 is 0 Å². The van der Waals surface area contributed by atoms with Crippen LogP contribution in [0.25, 0.3) is 0 Å². The summed E-state index contributed by atoms with van der Waals surface area (Å²) in [6, 6.07) is 7.46. The molecule has 0 saturated carbocycles. The van der Waals surface area contributed by atoms with E-state index in [9.17, 15) is 4.79 Å². The quantitative estimate of drug-likeness (QED) is 0.596. The highest BCUT2D eigenvalue weighted by Crippen LogP contribution is 2.16. The van der Waals surface area contributed by atoms with E-state index < -0.39 is 0 Å². The summed E-state index contributed by atoms with van der Waals surface area (Å²) in [6.45, 7) is 3.18. The molecule has 1 fully saturated rings. The van der Waals surface area contributed by atoms with Gasteiger partial charge in [0.2, 0.25) is 0 Å².